The second-order valence-corrected chi connectivity index (χ2v) is 14.4. The van der Waals surface area contributed by atoms with Crippen molar-refractivity contribution in [2.75, 3.05) is 36.9 Å². The summed E-state index contributed by atoms with van der Waals surface area (Å²) in [7, 11) is 2.06. The predicted octanol–water partition coefficient (Wildman–Crippen LogP) is 8.83. The number of anilines is 3. The van der Waals surface area contributed by atoms with Gasteiger partial charge in [0.25, 0.3) is 0 Å². The van der Waals surface area contributed by atoms with E-state index in [0.717, 1.165) is 50.6 Å². The lowest BCUT2D eigenvalue weighted by Gasteiger charge is -2.43. The van der Waals surface area contributed by atoms with Crippen LogP contribution >= 0.6 is 0 Å². The van der Waals surface area contributed by atoms with Crippen molar-refractivity contribution in [1.29, 1.82) is 0 Å². The minimum atomic E-state index is -4.24. The lowest BCUT2D eigenvalue weighted by Crippen LogP contribution is -2.55. The van der Waals surface area contributed by atoms with E-state index in [1.807, 2.05) is 32.9 Å². The average Bonchev–Trinajstić information content (AvgIpc) is 3.75. The minimum absolute atomic E-state index is 0.0330. The summed E-state index contributed by atoms with van der Waals surface area (Å²) < 4.78 is 55.2. The van der Waals surface area contributed by atoms with Crippen molar-refractivity contribution in [1.82, 2.24) is 19.8 Å². The first-order chi connectivity index (χ1) is 23.4. The number of carbonyl (C=O) groups excluding carboxylic acids is 1. The average molecular weight is 687 g/mol. The summed E-state index contributed by atoms with van der Waals surface area (Å²) in [6, 6.07) is 5.37. The molecule has 3 aliphatic rings. The van der Waals surface area contributed by atoms with Gasteiger partial charge in [-0.25, -0.2) is 9.37 Å². The molecule has 3 fully saturated rings. The van der Waals surface area contributed by atoms with Gasteiger partial charge in [-0.1, -0.05) is 51.3 Å². The fraction of sp³-hybridized carbons (Fsp3) is 0.658. The number of rotatable bonds is 12. The van der Waals surface area contributed by atoms with Gasteiger partial charge in [0, 0.05) is 37.2 Å². The minimum Gasteiger partial charge on any atom is -0.341 e. The van der Waals surface area contributed by atoms with Gasteiger partial charge in [-0.15, -0.1) is 0 Å². The third-order valence-corrected chi connectivity index (χ3v) is 11.0. The zero-order valence-corrected chi connectivity index (χ0v) is 29.8. The van der Waals surface area contributed by atoms with E-state index in [1.165, 1.54) is 18.9 Å². The molecular weight excluding hydrogens is 632 g/mol. The van der Waals surface area contributed by atoms with Crippen LogP contribution in [0.4, 0.5) is 35.0 Å². The summed E-state index contributed by atoms with van der Waals surface area (Å²) >= 11 is 0. The van der Waals surface area contributed by atoms with Crippen LogP contribution in [0.2, 0.25) is 0 Å². The second-order valence-electron chi connectivity index (χ2n) is 14.4. The van der Waals surface area contributed by atoms with Crippen LogP contribution in [0, 0.1) is 31.5 Å². The van der Waals surface area contributed by atoms with Gasteiger partial charge in [-0.05, 0) is 102 Å². The van der Waals surface area contributed by atoms with Crippen molar-refractivity contribution in [3.8, 4) is 0 Å². The SMILES string of the molecule is CCC(/C=C\c1c(C)nc(N2CCC(N(C(=O)C3CCCN3C)C3CCCC3)CC2)nc1Nc1ccc(C)cc1F)C(CC)CC(F)(F)F. The van der Waals surface area contributed by atoms with Gasteiger partial charge < -0.3 is 15.1 Å². The van der Waals surface area contributed by atoms with E-state index in [1.54, 1.807) is 19.1 Å². The molecule has 0 spiro atoms. The predicted molar refractivity (Wildman–Crippen MR) is 188 cm³/mol. The molecule has 1 aliphatic carbocycles. The number of likely N-dealkylation sites (N-methyl/N-ethyl adjacent to an activating group) is 1. The summed E-state index contributed by atoms with van der Waals surface area (Å²) in [6.45, 7) is 9.71. The monoisotopic (exact) mass is 686 g/mol. The number of carbonyl (C=O) groups is 1. The van der Waals surface area contributed by atoms with Crippen LogP contribution in [-0.2, 0) is 4.79 Å². The molecule has 2 saturated heterocycles. The van der Waals surface area contributed by atoms with Crippen molar-refractivity contribution in [3.63, 3.8) is 0 Å². The number of allylic oxidation sites excluding steroid dienone is 1. The van der Waals surface area contributed by atoms with Gasteiger partial charge in [0.1, 0.15) is 11.6 Å². The molecule has 49 heavy (non-hydrogen) atoms. The standard InChI is InChI=1S/C38H54F4N6O/c1-6-27(28(7-2)24-38(40,41)42)15-16-31-26(4)43-37(45-35(31)44-33-17-14-25(3)23-32(33)39)47-21-18-30(19-22-47)48(29-11-8-9-12-29)36(49)34-13-10-20-46(34)5/h14-17,23,27-30,34H,6-13,18-22,24H2,1-5H3,(H,43,44,45)/b16-15-. The molecular formula is C38H54F4N6O. The zero-order valence-electron chi connectivity index (χ0n) is 29.8. The van der Waals surface area contributed by atoms with Gasteiger partial charge in [-0.3, -0.25) is 9.69 Å². The van der Waals surface area contributed by atoms with Gasteiger partial charge >= 0.3 is 6.18 Å². The Bertz CT molecular complexity index is 1450. The maximum atomic E-state index is 15.1. The van der Waals surface area contributed by atoms with Gasteiger partial charge in [0.2, 0.25) is 11.9 Å². The normalized spacial score (nSPS) is 21.1. The van der Waals surface area contributed by atoms with E-state index in [2.05, 4.69) is 27.1 Å². The first kappa shape index (κ1) is 37.1. The van der Waals surface area contributed by atoms with E-state index in [0.29, 0.717) is 55.0 Å². The van der Waals surface area contributed by atoms with E-state index >= 15 is 4.39 Å². The number of piperidine rings is 1. The molecule has 1 aromatic heterocycles. The molecule has 1 aromatic carbocycles. The molecule has 7 nitrogen and oxygen atoms in total. The first-order valence-electron chi connectivity index (χ1n) is 18.3. The molecule has 1 amide bonds. The number of nitrogens with one attached hydrogen (secondary N) is 1. The molecule has 3 heterocycles. The highest BCUT2D eigenvalue weighted by molar-refractivity contribution is 5.83. The van der Waals surface area contributed by atoms with Crippen molar-refractivity contribution in [2.24, 2.45) is 11.8 Å². The summed E-state index contributed by atoms with van der Waals surface area (Å²) in [5.41, 5.74) is 2.33. The first-order valence-corrected chi connectivity index (χ1v) is 18.3. The maximum Gasteiger partial charge on any atom is 0.389 e. The highest BCUT2D eigenvalue weighted by atomic mass is 19.4. The Morgan fingerprint density at radius 3 is 2.29 bits per heavy atom. The van der Waals surface area contributed by atoms with Gasteiger partial charge in [-0.2, -0.15) is 18.2 Å². The molecule has 3 unspecified atom stereocenters. The van der Waals surface area contributed by atoms with Crippen LogP contribution in [0.1, 0.15) is 101 Å². The molecule has 5 rings (SSSR count). The Balaban J connectivity index is 1.40. The number of benzene rings is 1. The number of hydrogen-bond donors (Lipinski definition) is 1. The molecule has 1 saturated carbocycles. The Morgan fingerprint density at radius 2 is 1.69 bits per heavy atom. The summed E-state index contributed by atoms with van der Waals surface area (Å²) in [5, 5.41) is 3.18. The van der Waals surface area contributed by atoms with Crippen molar-refractivity contribution in [2.45, 2.75) is 123 Å². The smallest absolute Gasteiger partial charge is 0.341 e. The molecule has 0 radical (unpaired) electrons. The molecule has 1 N–H and O–H groups in total. The number of aryl methyl sites for hydroxylation is 2. The molecule has 2 aliphatic heterocycles. The van der Waals surface area contributed by atoms with Crippen molar-refractivity contribution < 1.29 is 22.4 Å². The Labute approximate surface area is 289 Å². The molecule has 0 bridgehead atoms. The third kappa shape index (κ3) is 9.13. The zero-order chi connectivity index (χ0) is 35.3. The van der Waals surface area contributed by atoms with Crippen LogP contribution in [0.3, 0.4) is 0 Å². The fourth-order valence-electron chi connectivity index (χ4n) is 8.17. The highest BCUT2D eigenvalue weighted by Crippen LogP contribution is 2.36. The number of alkyl halides is 3. The number of likely N-dealkylation sites (tertiary alicyclic amines) is 1. The Kier molecular flexibility index (Phi) is 12.3. The van der Waals surface area contributed by atoms with E-state index in [4.69, 9.17) is 9.97 Å². The Hall–Kier alpha value is -3.21. The van der Waals surface area contributed by atoms with E-state index in [9.17, 15) is 18.0 Å². The highest BCUT2D eigenvalue weighted by Gasteiger charge is 2.40. The van der Waals surface area contributed by atoms with Crippen LogP contribution in [0.25, 0.3) is 6.08 Å². The molecule has 3 atom stereocenters. The number of halogens is 4. The van der Waals surface area contributed by atoms with Crippen LogP contribution in [0.5, 0.6) is 0 Å². The second kappa shape index (κ2) is 16.2. The van der Waals surface area contributed by atoms with Crippen molar-refractivity contribution >= 4 is 29.4 Å². The Morgan fingerprint density at radius 1 is 1.00 bits per heavy atom. The van der Waals surface area contributed by atoms with Crippen molar-refractivity contribution in [3.05, 3.63) is 46.9 Å². The number of nitrogens with zero attached hydrogens (tertiary/aromatic N) is 5. The lowest BCUT2D eigenvalue weighted by molar-refractivity contribution is -0.147. The molecule has 270 valence electrons. The molecule has 11 heteroatoms. The summed E-state index contributed by atoms with van der Waals surface area (Å²) in [4.78, 5) is 30.3. The summed E-state index contributed by atoms with van der Waals surface area (Å²) in [6.07, 6.45) is 7.61. The fourth-order valence-corrected chi connectivity index (χ4v) is 8.17. The lowest BCUT2D eigenvalue weighted by atomic mass is 9.84. The number of aromatic nitrogens is 2. The van der Waals surface area contributed by atoms with Gasteiger partial charge in [0.05, 0.1) is 17.4 Å². The quantitative estimate of drug-likeness (QED) is 0.225. The van der Waals surface area contributed by atoms with E-state index < -0.39 is 24.3 Å². The largest absolute Gasteiger partial charge is 0.389 e. The van der Waals surface area contributed by atoms with E-state index in [-0.39, 0.29) is 29.6 Å². The maximum absolute atomic E-state index is 15.1. The van der Waals surface area contributed by atoms with Crippen LogP contribution in [0.15, 0.2) is 24.3 Å². The topological polar surface area (TPSA) is 64.6 Å². The number of hydrogen-bond acceptors (Lipinski definition) is 6. The summed E-state index contributed by atoms with van der Waals surface area (Å²) in [5.74, 6) is -0.0313. The number of amides is 1. The van der Waals surface area contributed by atoms with Crippen LogP contribution in [-0.4, -0.2) is 76.7 Å². The van der Waals surface area contributed by atoms with Gasteiger partial charge in [0.15, 0.2) is 0 Å². The molecule has 2 aromatic rings. The van der Waals surface area contributed by atoms with Crippen LogP contribution < -0.4 is 10.2 Å². The third-order valence-electron chi connectivity index (χ3n) is 11.0.